The van der Waals surface area contributed by atoms with Gasteiger partial charge < -0.3 is 0 Å². The van der Waals surface area contributed by atoms with Gasteiger partial charge in [-0.1, -0.05) is 41.5 Å². The molecule has 0 amide bonds. The third-order valence-corrected chi connectivity index (χ3v) is 3.42. The predicted octanol–water partition coefficient (Wildman–Crippen LogP) is 4.04. The number of nitrogens with zero attached hydrogens (tertiary/aromatic N) is 1. The summed E-state index contributed by atoms with van der Waals surface area (Å²) in [5.74, 6) is -3.05. The van der Waals surface area contributed by atoms with E-state index in [1.54, 1.807) is 0 Å². The lowest BCUT2D eigenvalue weighted by Crippen LogP contribution is -2.53. The summed E-state index contributed by atoms with van der Waals surface area (Å²) in [6.07, 6.45) is 0.604. The Morgan fingerprint density at radius 3 is 2.00 bits per heavy atom. The SMILES string of the molecule is CC(C)(C)CN1CCC(C(C)(C)C)C(F)(F)C1. The summed E-state index contributed by atoms with van der Waals surface area (Å²) in [6.45, 7) is 13.5. The summed E-state index contributed by atoms with van der Waals surface area (Å²) in [6, 6.07) is 0. The van der Waals surface area contributed by atoms with Crippen LogP contribution in [0.5, 0.6) is 0 Å². The standard InChI is InChI=1S/C14H27F2N/c1-12(2,3)9-17-8-7-11(13(4,5)6)14(15,16)10-17/h11H,7-10H2,1-6H3. The Balaban J connectivity index is 2.69. The first kappa shape index (κ1) is 14.9. The zero-order valence-electron chi connectivity index (χ0n) is 12.1. The molecule has 1 heterocycles. The van der Waals surface area contributed by atoms with Gasteiger partial charge in [-0.3, -0.25) is 4.90 Å². The highest BCUT2D eigenvalue weighted by Crippen LogP contribution is 2.44. The van der Waals surface area contributed by atoms with Crippen molar-refractivity contribution in [2.45, 2.75) is 53.9 Å². The molecule has 1 nitrogen and oxygen atoms in total. The van der Waals surface area contributed by atoms with E-state index < -0.39 is 11.8 Å². The Hall–Kier alpha value is -0.180. The summed E-state index contributed by atoms with van der Waals surface area (Å²) < 4.78 is 28.3. The Bertz CT molecular complexity index is 260. The van der Waals surface area contributed by atoms with Gasteiger partial charge in [0.1, 0.15) is 0 Å². The van der Waals surface area contributed by atoms with E-state index >= 15 is 0 Å². The van der Waals surface area contributed by atoms with Crippen LogP contribution in [-0.2, 0) is 0 Å². The Morgan fingerprint density at radius 1 is 1.12 bits per heavy atom. The fourth-order valence-corrected chi connectivity index (χ4v) is 2.88. The molecule has 102 valence electrons. The van der Waals surface area contributed by atoms with Gasteiger partial charge in [0, 0.05) is 12.5 Å². The van der Waals surface area contributed by atoms with Crippen molar-refractivity contribution in [1.29, 1.82) is 0 Å². The highest BCUT2D eigenvalue weighted by atomic mass is 19.3. The van der Waals surface area contributed by atoms with Crippen LogP contribution in [0.15, 0.2) is 0 Å². The van der Waals surface area contributed by atoms with Crippen molar-refractivity contribution in [1.82, 2.24) is 4.90 Å². The molecular formula is C14H27F2N. The Labute approximate surface area is 105 Å². The van der Waals surface area contributed by atoms with E-state index in [1.165, 1.54) is 0 Å². The number of halogens is 2. The number of alkyl halides is 2. The van der Waals surface area contributed by atoms with Crippen LogP contribution < -0.4 is 0 Å². The average Bonchev–Trinajstić information content (AvgIpc) is 1.94. The molecule has 1 atom stereocenters. The Morgan fingerprint density at radius 2 is 1.65 bits per heavy atom. The molecule has 0 N–H and O–H groups in total. The largest absolute Gasteiger partial charge is 0.297 e. The van der Waals surface area contributed by atoms with E-state index in [9.17, 15) is 8.78 Å². The van der Waals surface area contributed by atoms with Crippen LogP contribution in [0.1, 0.15) is 48.0 Å². The van der Waals surface area contributed by atoms with Gasteiger partial charge in [-0.15, -0.1) is 0 Å². The zero-order valence-corrected chi connectivity index (χ0v) is 12.1. The van der Waals surface area contributed by atoms with Crippen LogP contribution in [0, 0.1) is 16.7 Å². The summed E-state index contributed by atoms with van der Waals surface area (Å²) in [5.41, 5.74) is -0.220. The fraction of sp³-hybridized carbons (Fsp3) is 1.00. The molecule has 0 aromatic heterocycles. The lowest BCUT2D eigenvalue weighted by molar-refractivity contribution is -0.146. The first-order chi connectivity index (χ1) is 7.42. The van der Waals surface area contributed by atoms with Gasteiger partial charge in [-0.25, -0.2) is 8.78 Å². The monoisotopic (exact) mass is 247 g/mol. The van der Waals surface area contributed by atoms with Gasteiger partial charge >= 0.3 is 0 Å². The lowest BCUT2D eigenvalue weighted by atomic mass is 9.73. The molecule has 1 rings (SSSR count). The lowest BCUT2D eigenvalue weighted by Gasteiger charge is -2.45. The number of hydrogen-bond donors (Lipinski definition) is 0. The molecule has 1 aliphatic heterocycles. The minimum atomic E-state index is -2.55. The molecule has 0 aromatic rings. The predicted molar refractivity (Wildman–Crippen MR) is 68.4 cm³/mol. The molecular weight excluding hydrogens is 220 g/mol. The van der Waals surface area contributed by atoms with Gasteiger partial charge in [-0.2, -0.15) is 0 Å². The van der Waals surface area contributed by atoms with Gasteiger partial charge in [0.2, 0.25) is 0 Å². The molecule has 1 fully saturated rings. The summed E-state index contributed by atoms with van der Waals surface area (Å²) >= 11 is 0. The third kappa shape index (κ3) is 4.20. The minimum absolute atomic E-state index is 0.0772. The molecule has 1 saturated heterocycles. The van der Waals surface area contributed by atoms with E-state index in [1.807, 2.05) is 25.7 Å². The fourth-order valence-electron chi connectivity index (χ4n) is 2.88. The molecule has 0 bridgehead atoms. The van der Waals surface area contributed by atoms with E-state index in [-0.39, 0.29) is 17.4 Å². The van der Waals surface area contributed by atoms with Crippen LogP contribution in [0.25, 0.3) is 0 Å². The van der Waals surface area contributed by atoms with Gasteiger partial charge in [-0.05, 0) is 23.8 Å². The molecule has 1 unspecified atom stereocenters. The topological polar surface area (TPSA) is 3.24 Å². The van der Waals surface area contributed by atoms with E-state index in [0.717, 1.165) is 13.1 Å². The van der Waals surface area contributed by atoms with Gasteiger partial charge in [0.15, 0.2) is 0 Å². The van der Waals surface area contributed by atoms with Crippen LogP contribution in [-0.4, -0.2) is 30.5 Å². The summed E-state index contributed by atoms with van der Waals surface area (Å²) in [5, 5.41) is 0. The zero-order chi connectivity index (χ0) is 13.5. The van der Waals surface area contributed by atoms with Crippen molar-refractivity contribution in [2.24, 2.45) is 16.7 Å². The Kier molecular flexibility index (Phi) is 3.93. The van der Waals surface area contributed by atoms with Crippen molar-refractivity contribution in [3.63, 3.8) is 0 Å². The van der Waals surface area contributed by atoms with Crippen molar-refractivity contribution >= 4 is 0 Å². The molecule has 0 aromatic carbocycles. The first-order valence-electron chi connectivity index (χ1n) is 6.52. The molecule has 0 aliphatic carbocycles. The molecule has 0 saturated carbocycles. The second-order valence-corrected chi connectivity index (χ2v) is 7.74. The number of piperidine rings is 1. The van der Waals surface area contributed by atoms with Crippen LogP contribution >= 0.6 is 0 Å². The van der Waals surface area contributed by atoms with Crippen molar-refractivity contribution in [3.8, 4) is 0 Å². The average molecular weight is 247 g/mol. The van der Waals surface area contributed by atoms with Crippen LogP contribution in [0.2, 0.25) is 0 Å². The van der Waals surface area contributed by atoms with Crippen molar-refractivity contribution in [2.75, 3.05) is 19.6 Å². The number of rotatable bonds is 1. The highest BCUT2D eigenvalue weighted by Gasteiger charge is 2.49. The maximum atomic E-state index is 14.1. The molecule has 3 heteroatoms. The number of hydrogen-bond acceptors (Lipinski definition) is 1. The maximum Gasteiger partial charge on any atom is 0.263 e. The summed E-state index contributed by atoms with van der Waals surface area (Å²) in [4.78, 5) is 1.92. The van der Waals surface area contributed by atoms with E-state index in [4.69, 9.17) is 0 Å². The number of likely N-dealkylation sites (tertiary alicyclic amines) is 1. The van der Waals surface area contributed by atoms with Crippen molar-refractivity contribution < 1.29 is 8.78 Å². The molecule has 0 radical (unpaired) electrons. The second kappa shape index (κ2) is 4.49. The molecule has 17 heavy (non-hydrogen) atoms. The van der Waals surface area contributed by atoms with Gasteiger partial charge in [0.05, 0.1) is 6.54 Å². The molecule has 1 aliphatic rings. The highest BCUT2D eigenvalue weighted by molar-refractivity contribution is 4.93. The second-order valence-electron chi connectivity index (χ2n) is 7.74. The van der Waals surface area contributed by atoms with E-state index in [0.29, 0.717) is 6.42 Å². The smallest absolute Gasteiger partial charge is 0.263 e. The molecule has 0 spiro atoms. The van der Waals surface area contributed by atoms with Gasteiger partial charge in [0.25, 0.3) is 5.92 Å². The normalized spacial score (nSPS) is 27.2. The first-order valence-corrected chi connectivity index (χ1v) is 6.52. The quantitative estimate of drug-likeness (QED) is 0.676. The van der Waals surface area contributed by atoms with Crippen LogP contribution in [0.4, 0.5) is 8.78 Å². The van der Waals surface area contributed by atoms with Crippen LogP contribution in [0.3, 0.4) is 0 Å². The maximum absolute atomic E-state index is 14.1. The minimum Gasteiger partial charge on any atom is -0.297 e. The van der Waals surface area contributed by atoms with E-state index in [2.05, 4.69) is 20.8 Å². The third-order valence-electron chi connectivity index (χ3n) is 3.42. The van der Waals surface area contributed by atoms with Crippen molar-refractivity contribution in [3.05, 3.63) is 0 Å². The summed E-state index contributed by atoms with van der Waals surface area (Å²) in [7, 11) is 0.